The van der Waals surface area contributed by atoms with Gasteiger partial charge in [0.1, 0.15) is 6.61 Å². The lowest BCUT2D eigenvalue weighted by Gasteiger charge is -2.00. The van der Waals surface area contributed by atoms with Crippen LogP contribution in [0.3, 0.4) is 0 Å². The van der Waals surface area contributed by atoms with E-state index in [1.807, 2.05) is 6.92 Å². The third-order valence-electron chi connectivity index (χ3n) is 0.843. The maximum absolute atomic E-state index is 10.4. The van der Waals surface area contributed by atoms with Crippen LogP contribution < -0.4 is 0 Å². The lowest BCUT2D eigenvalue weighted by atomic mass is 10.6. The summed E-state index contributed by atoms with van der Waals surface area (Å²) >= 11 is 0. The van der Waals surface area contributed by atoms with Crippen molar-refractivity contribution in [3.8, 4) is 0 Å². The molecule has 0 rings (SSSR count). The second-order valence-electron chi connectivity index (χ2n) is 1.57. The molecule has 3 nitrogen and oxygen atoms in total. The van der Waals surface area contributed by atoms with E-state index < -0.39 is 5.97 Å². The molecule has 0 aliphatic heterocycles. The highest BCUT2D eigenvalue weighted by Gasteiger charge is 1.92. The van der Waals surface area contributed by atoms with Gasteiger partial charge in [-0.15, -0.1) is 0 Å². The summed E-state index contributed by atoms with van der Waals surface area (Å²) in [6, 6.07) is 0. The molecule has 0 heterocycles. The Hall–Kier alpha value is -0.830. The molecule has 0 atom stereocenters. The summed E-state index contributed by atoms with van der Waals surface area (Å²) in [6.45, 7) is 6.53. The number of esters is 1. The predicted octanol–water partition coefficient (Wildman–Crippen LogP) is 2.02. The third-order valence-corrected chi connectivity index (χ3v) is 0.843. The van der Waals surface area contributed by atoms with E-state index in [2.05, 4.69) is 11.3 Å². The van der Waals surface area contributed by atoms with Gasteiger partial charge in [-0.1, -0.05) is 21.4 Å². The first kappa shape index (κ1) is 17.3. The van der Waals surface area contributed by atoms with Crippen LogP contribution in [0.5, 0.6) is 0 Å². The van der Waals surface area contributed by atoms with E-state index in [0.717, 1.165) is 6.08 Å². The fourth-order valence-corrected chi connectivity index (χ4v) is 0.404. The van der Waals surface area contributed by atoms with Gasteiger partial charge in [0.05, 0.1) is 6.61 Å². The molecule has 3 heteroatoms. The van der Waals surface area contributed by atoms with Gasteiger partial charge in [-0.05, 0) is 6.92 Å². The fourth-order valence-electron chi connectivity index (χ4n) is 0.404. The van der Waals surface area contributed by atoms with E-state index in [0.29, 0.717) is 19.8 Å². The average molecular weight is 176 g/mol. The molecule has 74 valence electrons. The maximum atomic E-state index is 10.4. The Balaban J connectivity index is -0.000000405. The molecular weight excluding hydrogens is 156 g/mol. The second-order valence-corrected chi connectivity index (χ2v) is 1.57. The second kappa shape index (κ2) is 12.8. The van der Waals surface area contributed by atoms with Gasteiger partial charge in [-0.25, -0.2) is 4.79 Å². The molecule has 0 bridgehead atoms. The minimum absolute atomic E-state index is 0. The molecule has 0 spiro atoms. The van der Waals surface area contributed by atoms with E-state index in [1.54, 1.807) is 0 Å². The first-order valence-electron chi connectivity index (χ1n) is 3.18. The van der Waals surface area contributed by atoms with Crippen LogP contribution in [-0.4, -0.2) is 25.8 Å². The fraction of sp³-hybridized carbons (Fsp3) is 0.667. The van der Waals surface area contributed by atoms with Crippen LogP contribution in [0.25, 0.3) is 0 Å². The smallest absolute Gasteiger partial charge is 0.330 e. The van der Waals surface area contributed by atoms with Gasteiger partial charge >= 0.3 is 5.97 Å². The Morgan fingerprint density at radius 1 is 1.42 bits per heavy atom. The van der Waals surface area contributed by atoms with Crippen LogP contribution in [0.15, 0.2) is 12.7 Å². The predicted molar refractivity (Wildman–Crippen MR) is 51.1 cm³/mol. The Labute approximate surface area is 75.4 Å². The van der Waals surface area contributed by atoms with Gasteiger partial charge in [0, 0.05) is 12.7 Å². The van der Waals surface area contributed by atoms with Gasteiger partial charge in [0.15, 0.2) is 0 Å². The van der Waals surface area contributed by atoms with E-state index in [-0.39, 0.29) is 14.9 Å². The lowest BCUT2D eigenvalue weighted by Crippen LogP contribution is -2.07. The van der Waals surface area contributed by atoms with E-state index in [4.69, 9.17) is 4.74 Å². The minimum Gasteiger partial charge on any atom is -0.460 e. The number of rotatable bonds is 5. The lowest BCUT2D eigenvalue weighted by molar-refractivity contribution is -0.139. The SMILES string of the molecule is C.C.C=CC(=O)OCCOCC. The molecule has 0 aromatic heterocycles. The molecule has 0 aliphatic rings. The zero-order valence-corrected chi connectivity index (χ0v) is 6.13. The zero-order chi connectivity index (χ0) is 7.82. The van der Waals surface area contributed by atoms with Crippen molar-refractivity contribution in [3.63, 3.8) is 0 Å². The Kier molecular flexibility index (Phi) is 18.5. The Morgan fingerprint density at radius 3 is 2.42 bits per heavy atom. The molecule has 0 saturated heterocycles. The quantitative estimate of drug-likeness (QED) is 0.365. The largest absolute Gasteiger partial charge is 0.460 e. The standard InChI is InChI=1S/C7H12O3.2CH4/c1-3-7(8)10-6-5-9-4-2;;/h3H,1,4-6H2,2H3;2*1H4. The Bertz CT molecular complexity index is 110. The number of hydrogen-bond donors (Lipinski definition) is 0. The summed E-state index contributed by atoms with van der Waals surface area (Å²) in [5.41, 5.74) is 0. The van der Waals surface area contributed by atoms with Gasteiger partial charge in [0.25, 0.3) is 0 Å². The number of carbonyl (C=O) groups is 1. The van der Waals surface area contributed by atoms with E-state index >= 15 is 0 Å². The highest BCUT2D eigenvalue weighted by molar-refractivity contribution is 5.81. The molecule has 0 saturated carbocycles. The van der Waals surface area contributed by atoms with E-state index in [9.17, 15) is 4.79 Å². The minimum atomic E-state index is -0.403. The normalized spacial score (nSPS) is 7.42. The highest BCUT2D eigenvalue weighted by atomic mass is 16.6. The number of ether oxygens (including phenoxy) is 2. The van der Waals surface area contributed by atoms with Gasteiger partial charge in [-0.2, -0.15) is 0 Å². The number of hydrogen-bond acceptors (Lipinski definition) is 3. The highest BCUT2D eigenvalue weighted by Crippen LogP contribution is 1.80. The van der Waals surface area contributed by atoms with Gasteiger partial charge in [0.2, 0.25) is 0 Å². The molecule has 0 aliphatic carbocycles. The monoisotopic (exact) mass is 176 g/mol. The van der Waals surface area contributed by atoms with Crippen molar-refractivity contribution in [2.45, 2.75) is 21.8 Å². The average Bonchev–Trinajstić information content (AvgIpc) is 1.98. The van der Waals surface area contributed by atoms with Crippen LogP contribution in [0, 0.1) is 0 Å². The van der Waals surface area contributed by atoms with Gasteiger partial charge in [-0.3, -0.25) is 0 Å². The zero-order valence-electron chi connectivity index (χ0n) is 6.13. The molecule has 0 amide bonds. The Morgan fingerprint density at radius 2 is 2.00 bits per heavy atom. The van der Waals surface area contributed by atoms with Crippen LogP contribution in [-0.2, 0) is 14.3 Å². The van der Waals surface area contributed by atoms with Gasteiger partial charge < -0.3 is 9.47 Å². The third kappa shape index (κ3) is 11.9. The molecule has 0 aromatic rings. The van der Waals surface area contributed by atoms with Crippen LogP contribution >= 0.6 is 0 Å². The van der Waals surface area contributed by atoms with Crippen LogP contribution in [0.4, 0.5) is 0 Å². The summed E-state index contributed by atoms with van der Waals surface area (Å²) in [5.74, 6) is -0.403. The molecule has 0 unspecified atom stereocenters. The van der Waals surface area contributed by atoms with Crippen molar-refractivity contribution in [2.75, 3.05) is 19.8 Å². The van der Waals surface area contributed by atoms with Crippen molar-refractivity contribution in [2.24, 2.45) is 0 Å². The van der Waals surface area contributed by atoms with Crippen LogP contribution in [0.2, 0.25) is 0 Å². The van der Waals surface area contributed by atoms with Crippen molar-refractivity contribution < 1.29 is 14.3 Å². The molecule has 0 aromatic carbocycles. The van der Waals surface area contributed by atoms with Crippen LogP contribution in [0.1, 0.15) is 21.8 Å². The summed E-state index contributed by atoms with van der Waals surface area (Å²) in [6.07, 6.45) is 1.13. The van der Waals surface area contributed by atoms with Crippen molar-refractivity contribution in [1.82, 2.24) is 0 Å². The molecule has 0 radical (unpaired) electrons. The summed E-state index contributed by atoms with van der Waals surface area (Å²) in [7, 11) is 0. The molecule has 0 N–H and O–H groups in total. The topological polar surface area (TPSA) is 35.5 Å². The molecule has 0 fully saturated rings. The van der Waals surface area contributed by atoms with E-state index in [1.165, 1.54) is 0 Å². The van der Waals surface area contributed by atoms with Crippen molar-refractivity contribution in [1.29, 1.82) is 0 Å². The summed E-state index contributed by atoms with van der Waals surface area (Å²) < 4.78 is 9.53. The summed E-state index contributed by atoms with van der Waals surface area (Å²) in [5, 5.41) is 0. The van der Waals surface area contributed by atoms with Crippen molar-refractivity contribution in [3.05, 3.63) is 12.7 Å². The number of carbonyl (C=O) groups excluding carboxylic acids is 1. The first-order chi connectivity index (χ1) is 4.81. The first-order valence-corrected chi connectivity index (χ1v) is 3.18. The van der Waals surface area contributed by atoms with Crippen molar-refractivity contribution >= 4 is 5.97 Å². The molecular formula is C9H20O3. The maximum Gasteiger partial charge on any atom is 0.330 e. The summed E-state index contributed by atoms with van der Waals surface area (Å²) in [4.78, 5) is 10.4. The molecule has 12 heavy (non-hydrogen) atoms.